The van der Waals surface area contributed by atoms with Gasteiger partial charge in [0.25, 0.3) is 0 Å². The molecule has 1 fully saturated rings. The molecule has 4 nitrogen and oxygen atoms in total. The molecule has 2 N–H and O–H groups in total. The standard InChI is InChI=1S/C15H19N3O/c1-18-15-5-3-2-4-12(15)14(17-18)9-11(19)8-13(16)10-6-7-10/h2-5,10,13H,6-9,16H2,1H3. The second kappa shape index (κ2) is 4.78. The van der Waals surface area contributed by atoms with Gasteiger partial charge >= 0.3 is 0 Å². The maximum atomic E-state index is 12.1. The number of fused-ring (bicyclic) bond motifs is 1. The molecule has 1 aliphatic carbocycles. The SMILES string of the molecule is Cn1nc(CC(=O)CC(N)C2CC2)c2ccccc21. The molecule has 0 saturated heterocycles. The van der Waals surface area contributed by atoms with Crippen LogP contribution >= 0.6 is 0 Å². The highest BCUT2D eigenvalue weighted by atomic mass is 16.1. The molecule has 0 radical (unpaired) electrons. The molecule has 1 aliphatic rings. The summed E-state index contributed by atoms with van der Waals surface area (Å²) in [4.78, 5) is 12.1. The molecule has 0 spiro atoms. The zero-order chi connectivity index (χ0) is 13.4. The summed E-state index contributed by atoms with van der Waals surface area (Å²) in [6.07, 6.45) is 3.24. The van der Waals surface area contributed by atoms with Crippen LogP contribution in [0.3, 0.4) is 0 Å². The van der Waals surface area contributed by atoms with E-state index in [-0.39, 0.29) is 11.8 Å². The minimum absolute atomic E-state index is 0.0440. The largest absolute Gasteiger partial charge is 0.327 e. The van der Waals surface area contributed by atoms with Gasteiger partial charge in [0.1, 0.15) is 5.78 Å². The van der Waals surface area contributed by atoms with E-state index >= 15 is 0 Å². The Kier molecular flexibility index (Phi) is 3.11. The predicted molar refractivity (Wildman–Crippen MR) is 74.7 cm³/mol. The molecule has 19 heavy (non-hydrogen) atoms. The first-order chi connectivity index (χ1) is 9.15. The average molecular weight is 257 g/mol. The quantitative estimate of drug-likeness (QED) is 0.888. The van der Waals surface area contributed by atoms with E-state index in [0.29, 0.717) is 18.8 Å². The average Bonchev–Trinajstić information content (AvgIpc) is 3.18. The number of hydrogen-bond acceptors (Lipinski definition) is 3. The monoisotopic (exact) mass is 257 g/mol. The van der Waals surface area contributed by atoms with Crippen molar-refractivity contribution in [1.82, 2.24) is 9.78 Å². The van der Waals surface area contributed by atoms with E-state index < -0.39 is 0 Å². The van der Waals surface area contributed by atoms with Gasteiger partial charge in [0.15, 0.2) is 0 Å². The number of benzene rings is 1. The van der Waals surface area contributed by atoms with Gasteiger partial charge < -0.3 is 5.73 Å². The third kappa shape index (κ3) is 2.54. The number of carbonyl (C=O) groups excluding carboxylic acids is 1. The normalized spacial score (nSPS) is 16.7. The van der Waals surface area contributed by atoms with Crippen molar-refractivity contribution in [3.05, 3.63) is 30.0 Å². The molecule has 100 valence electrons. The van der Waals surface area contributed by atoms with Crippen LogP contribution in [0.1, 0.15) is 25.0 Å². The van der Waals surface area contributed by atoms with Crippen molar-refractivity contribution in [3.8, 4) is 0 Å². The van der Waals surface area contributed by atoms with Crippen molar-refractivity contribution < 1.29 is 4.79 Å². The van der Waals surface area contributed by atoms with E-state index in [1.807, 2.05) is 36.0 Å². The molecule has 3 rings (SSSR count). The zero-order valence-corrected chi connectivity index (χ0v) is 11.2. The Balaban J connectivity index is 1.75. The lowest BCUT2D eigenvalue weighted by atomic mass is 10.0. The molecule has 0 aliphatic heterocycles. The lowest BCUT2D eigenvalue weighted by Crippen LogP contribution is -2.26. The number of aromatic nitrogens is 2. The highest BCUT2D eigenvalue weighted by Crippen LogP contribution is 2.33. The molecule has 1 aromatic heterocycles. The van der Waals surface area contributed by atoms with Crippen LogP contribution in [-0.4, -0.2) is 21.6 Å². The molecule has 0 bridgehead atoms. The minimum atomic E-state index is 0.0440. The number of carbonyl (C=O) groups is 1. The molecule has 1 saturated carbocycles. The second-order valence-electron chi connectivity index (χ2n) is 5.51. The fraction of sp³-hybridized carbons (Fsp3) is 0.467. The summed E-state index contributed by atoms with van der Waals surface area (Å²) in [5.74, 6) is 0.771. The Morgan fingerprint density at radius 2 is 2.21 bits per heavy atom. The summed E-state index contributed by atoms with van der Waals surface area (Å²) in [6, 6.07) is 8.05. The van der Waals surface area contributed by atoms with Gasteiger partial charge in [-0.25, -0.2) is 0 Å². The van der Waals surface area contributed by atoms with Crippen LogP contribution in [0.15, 0.2) is 24.3 Å². The fourth-order valence-electron chi connectivity index (χ4n) is 2.63. The van der Waals surface area contributed by atoms with Crippen LogP contribution < -0.4 is 5.73 Å². The van der Waals surface area contributed by atoms with E-state index in [1.165, 1.54) is 12.8 Å². The second-order valence-corrected chi connectivity index (χ2v) is 5.51. The number of Topliss-reactive ketones (excluding diaryl/α,β-unsaturated/α-hetero) is 1. The van der Waals surface area contributed by atoms with E-state index in [9.17, 15) is 4.79 Å². The van der Waals surface area contributed by atoms with E-state index in [1.54, 1.807) is 0 Å². The summed E-state index contributed by atoms with van der Waals surface area (Å²) in [5, 5.41) is 5.52. The van der Waals surface area contributed by atoms with Crippen molar-refractivity contribution in [3.63, 3.8) is 0 Å². The van der Waals surface area contributed by atoms with Crippen LogP contribution in [0, 0.1) is 5.92 Å². The van der Waals surface area contributed by atoms with E-state index in [2.05, 4.69) is 5.10 Å². The summed E-state index contributed by atoms with van der Waals surface area (Å²) in [7, 11) is 1.91. The van der Waals surface area contributed by atoms with Gasteiger partial charge in [-0.15, -0.1) is 0 Å². The first-order valence-corrected chi connectivity index (χ1v) is 6.83. The van der Waals surface area contributed by atoms with Crippen LogP contribution in [0.25, 0.3) is 10.9 Å². The summed E-state index contributed by atoms with van der Waals surface area (Å²) in [6.45, 7) is 0. The lowest BCUT2D eigenvalue weighted by molar-refractivity contribution is -0.118. The van der Waals surface area contributed by atoms with Crippen LogP contribution in [0.5, 0.6) is 0 Å². The molecule has 4 heteroatoms. The van der Waals surface area contributed by atoms with Crippen LogP contribution in [0.4, 0.5) is 0 Å². The molecular formula is C15H19N3O. The zero-order valence-electron chi connectivity index (χ0n) is 11.2. The number of para-hydroxylation sites is 1. The molecule has 0 amide bonds. The Morgan fingerprint density at radius 1 is 1.47 bits per heavy atom. The van der Waals surface area contributed by atoms with Gasteiger partial charge in [0, 0.05) is 24.9 Å². The first-order valence-electron chi connectivity index (χ1n) is 6.83. The van der Waals surface area contributed by atoms with Gasteiger partial charge in [-0.3, -0.25) is 9.48 Å². The Labute approximate surface area is 112 Å². The smallest absolute Gasteiger partial charge is 0.140 e. The van der Waals surface area contributed by atoms with Gasteiger partial charge in [0.05, 0.1) is 17.6 Å². The molecule has 1 atom stereocenters. The van der Waals surface area contributed by atoms with Crippen molar-refractivity contribution in [2.45, 2.75) is 31.7 Å². The number of aryl methyl sites for hydroxylation is 1. The molecule has 2 aromatic rings. The number of hydrogen-bond donors (Lipinski definition) is 1. The van der Waals surface area contributed by atoms with Gasteiger partial charge in [0.2, 0.25) is 0 Å². The van der Waals surface area contributed by atoms with Crippen molar-refractivity contribution >= 4 is 16.7 Å². The maximum absolute atomic E-state index is 12.1. The Morgan fingerprint density at radius 3 is 2.95 bits per heavy atom. The molecule has 1 aromatic carbocycles. The van der Waals surface area contributed by atoms with E-state index in [4.69, 9.17) is 5.73 Å². The van der Waals surface area contributed by atoms with Crippen LogP contribution in [-0.2, 0) is 18.3 Å². The Bertz CT molecular complexity index is 613. The minimum Gasteiger partial charge on any atom is -0.327 e. The van der Waals surface area contributed by atoms with Gasteiger partial charge in [-0.2, -0.15) is 5.10 Å². The van der Waals surface area contributed by atoms with Crippen molar-refractivity contribution in [2.24, 2.45) is 18.7 Å². The number of nitrogens with two attached hydrogens (primary N) is 1. The van der Waals surface area contributed by atoms with Crippen molar-refractivity contribution in [1.29, 1.82) is 0 Å². The number of rotatable bonds is 5. The fourth-order valence-corrected chi connectivity index (χ4v) is 2.63. The van der Waals surface area contributed by atoms with Crippen LogP contribution in [0.2, 0.25) is 0 Å². The third-order valence-corrected chi connectivity index (χ3v) is 3.89. The number of nitrogens with zero attached hydrogens (tertiary/aromatic N) is 2. The maximum Gasteiger partial charge on any atom is 0.140 e. The first kappa shape index (κ1) is 12.4. The van der Waals surface area contributed by atoms with Gasteiger partial charge in [-0.05, 0) is 24.8 Å². The lowest BCUT2D eigenvalue weighted by Gasteiger charge is -2.07. The summed E-state index contributed by atoms with van der Waals surface area (Å²) >= 11 is 0. The van der Waals surface area contributed by atoms with Crippen molar-refractivity contribution in [2.75, 3.05) is 0 Å². The highest BCUT2D eigenvalue weighted by molar-refractivity contribution is 5.88. The molecular weight excluding hydrogens is 238 g/mol. The Hall–Kier alpha value is -1.68. The molecule has 1 heterocycles. The number of ketones is 1. The summed E-state index contributed by atoms with van der Waals surface area (Å²) in [5.41, 5.74) is 7.94. The predicted octanol–water partition coefficient (Wildman–Crippen LogP) is 1.81. The van der Waals surface area contributed by atoms with Gasteiger partial charge in [-0.1, -0.05) is 18.2 Å². The van der Waals surface area contributed by atoms with E-state index in [0.717, 1.165) is 16.6 Å². The highest BCUT2D eigenvalue weighted by Gasteiger charge is 2.29. The third-order valence-electron chi connectivity index (χ3n) is 3.89. The topological polar surface area (TPSA) is 60.9 Å². The summed E-state index contributed by atoms with van der Waals surface area (Å²) < 4.78 is 1.83. The molecule has 1 unspecified atom stereocenters.